The molecule has 8 nitrogen and oxygen atoms in total. The van der Waals surface area contributed by atoms with E-state index >= 15 is 0 Å². The number of nitro groups is 1. The summed E-state index contributed by atoms with van der Waals surface area (Å²) in [6.07, 6.45) is 2.89. The normalized spacial score (nSPS) is 14.4. The number of carbonyl (C=O) groups is 1. The molecule has 1 fully saturated rings. The second-order valence-corrected chi connectivity index (χ2v) is 8.43. The molecule has 31 heavy (non-hydrogen) atoms. The maximum atomic E-state index is 12.7. The molecule has 1 unspecified atom stereocenters. The zero-order valence-electron chi connectivity index (χ0n) is 17.2. The molecule has 1 saturated heterocycles. The molecule has 3 aromatic rings. The first-order valence-corrected chi connectivity index (χ1v) is 11.1. The molecule has 1 atom stereocenters. The average molecular weight is 438 g/mol. The predicted molar refractivity (Wildman–Crippen MR) is 121 cm³/mol. The standard InChI is InChI=1S/C22H23N5O3S/c1-2-17(15-8-4-3-5-9-15)21-24-25-22(31-21)23-20(28)16-10-11-18(19(14-16)27(29)30)26-12-6-7-13-26/h3-5,8-11,14,17H,2,6-7,12-13H2,1H3,(H,23,25,28). The number of amides is 1. The lowest BCUT2D eigenvalue weighted by Crippen LogP contribution is -2.19. The summed E-state index contributed by atoms with van der Waals surface area (Å²) in [4.78, 5) is 25.9. The Bertz CT molecular complexity index is 1080. The van der Waals surface area contributed by atoms with Gasteiger partial charge in [0.05, 0.1) is 4.92 Å². The lowest BCUT2D eigenvalue weighted by Gasteiger charge is -2.17. The monoisotopic (exact) mass is 437 g/mol. The van der Waals surface area contributed by atoms with Crippen molar-refractivity contribution in [2.45, 2.75) is 32.1 Å². The topological polar surface area (TPSA) is 101 Å². The van der Waals surface area contributed by atoms with E-state index in [0.717, 1.165) is 42.9 Å². The van der Waals surface area contributed by atoms with E-state index in [0.29, 0.717) is 10.8 Å². The number of carbonyl (C=O) groups excluding carboxylic acids is 1. The molecule has 1 aliphatic rings. The molecule has 9 heteroatoms. The van der Waals surface area contributed by atoms with Crippen LogP contribution in [0.5, 0.6) is 0 Å². The quantitative estimate of drug-likeness (QED) is 0.419. The molecule has 0 bridgehead atoms. The van der Waals surface area contributed by atoms with Gasteiger partial charge < -0.3 is 4.90 Å². The van der Waals surface area contributed by atoms with Crippen LogP contribution in [0.4, 0.5) is 16.5 Å². The largest absolute Gasteiger partial charge is 0.366 e. The molecular weight excluding hydrogens is 414 g/mol. The fourth-order valence-electron chi connectivity index (χ4n) is 3.87. The number of nitro benzene ring substituents is 1. The van der Waals surface area contributed by atoms with Gasteiger partial charge in [0, 0.05) is 30.6 Å². The maximum Gasteiger partial charge on any atom is 0.293 e. The second kappa shape index (κ2) is 9.22. The molecule has 1 N–H and O–H groups in total. The highest BCUT2D eigenvalue weighted by Gasteiger charge is 2.24. The van der Waals surface area contributed by atoms with Crippen LogP contribution in [0, 0.1) is 10.1 Å². The lowest BCUT2D eigenvalue weighted by atomic mass is 9.97. The molecule has 2 aromatic carbocycles. The minimum atomic E-state index is -0.438. The van der Waals surface area contributed by atoms with Crippen molar-refractivity contribution in [1.29, 1.82) is 0 Å². The third-order valence-electron chi connectivity index (χ3n) is 5.45. The van der Waals surface area contributed by atoms with Gasteiger partial charge in [0.25, 0.3) is 11.6 Å². The third-order valence-corrected chi connectivity index (χ3v) is 6.40. The van der Waals surface area contributed by atoms with Crippen LogP contribution in [-0.4, -0.2) is 34.1 Å². The van der Waals surface area contributed by atoms with Gasteiger partial charge in [-0.1, -0.05) is 48.6 Å². The Hall–Kier alpha value is -3.33. The molecular formula is C22H23N5O3S. The molecule has 0 spiro atoms. The first-order valence-electron chi connectivity index (χ1n) is 10.3. The Morgan fingerprint density at radius 2 is 1.94 bits per heavy atom. The minimum Gasteiger partial charge on any atom is -0.366 e. The van der Waals surface area contributed by atoms with Crippen LogP contribution < -0.4 is 10.2 Å². The van der Waals surface area contributed by atoms with E-state index < -0.39 is 10.8 Å². The summed E-state index contributed by atoms with van der Waals surface area (Å²) < 4.78 is 0. The van der Waals surface area contributed by atoms with Crippen LogP contribution in [0.2, 0.25) is 0 Å². The summed E-state index contributed by atoms with van der Waals surface area (Å²) in [6, 6.07) is 14.7. The van der Waals surface area contributed by atoms with E-state index in [1.807, 2.05) is 23.1 Å². The zero-order valence-corrected chi connectivity index (χ0v) is 18.0. The summed E-state index contributed by atoms with van der Waals surface area (Å²) in [6.45, 7) is 3.66. The molecule has 0 saturated carbocycles. The van der Waals surface area contributed by atoms with Crippen molar-refractivity contribution in [3.8, 4) is 0 Å². The molecule has 4 rings (SSSR count). The molecule has 1 aromatic heterocycles. The van der Waals surface area contributed by atoms with Crippen LogP contribution in [0.15, 0.2) is 48.5 Å². The van der Waals surface area contributed by atoms with Crippen molar-refractivity contribution in [3.05, 3.63) is 74.8 Å². The fraction of sp³-hybridized carbons (Fsp3) is 0.318. The van der Waals surface area contributed by atoms with Crippen molar-refractivity contribution in [3.63, 3.8) is 0 Å². The van der Waals surface area contributed by atoms with Crippen LogP contribution in [0.3, 0.4) is 0 Å². The molecule has 0 aliphatic carbocycles. The van der Waals surface area contributed by atoms with E-state index in [9.17, 15) is 14.9 Å². The van der Waals surface area contributed by atoms with Crippen molar-refractivity contribution >= 4 is 33.8 Å². The van der Waals surface area contributed by atoms with Gasteiger partial charge in [0.15, 0.2) is 0 Å². The van der Waals surface area contributed by atoms with Crippen LogP contribution in [-0.2, 0) is 0 Å². The van der Waals surface area contributed by atoms with Gasteiger partial charge in [-0.25, -0.2) is 0 Å². The fourth-order valence-corrected chi connectivity index (χ4v) is 4.82. The summed E-state index contributed by atoms with van der Waals surface area (Å²) >= 11 is 1.32. The first-order chi connectivity index (χ1) is 15.1. The van der Waals surface area contributed by atoms with E-state index in [2.05, 4.69) is 34.6 Å². The Kier molecular flexibility index (Phi) is 6.22. The molecule has 0 radical (unpaired) electrons. The maximum absolute atomic E-state index is 12.7. The van der Waals surface area contributed by atoms with Crippen LogP contribution >= 0.6 is 11.3 Å². The van der Waals surface area contributed by atoms with Gasteiger partial charge >= 0.3 is 0 Å². The van der Waals surface area contributed by atoms with Gasteiger partial charge in [-0.05, 0) is 37.0 Å². The molecule has 1 amide bonds. The Balaban J connectivity index is 1.52. The number of anilines is 2. The molecule has 160 valence electrons. The number of aromatic nitrogens is 2. The second-order valence-electron chi connectivity index (χ2n) is 7.43. The summed E-state index contributed by atoms with van der Waals surface area (Å²) in [5, 5.41) is 23.9. The highest BCUT2D eigenvalue weighted by atomic mass is 32.1. The highest BCUT2D eigenvalue weighted by molar-refractivity contribution is 7.15. The summed E-state index contributed by atoms with van der Waals surface area (Å²) in [5.74, 6) is -0.336. The van der Waals surface area contributed by atoms with Gasteiger partial charge in [-0.3, -0.25) is 20.2 Å². The number of hydrogen-bond acceptors (Lipinski definition) is 7. The lowest BCUT2D eigenvalue weighted by molar-refractivity contribution is -0.384. The van der Waals surface area contributed by atoms with E-state index in [-0.39, 0.29) is 17.2 Å². The number of nitrogens with one attached hydrogen (secondary N) is 1. The molecule has 2 heterocycles. The number of benzene rings is 2. The van der Waals surface area contributed by atoms with Gasteiger partial charge in [0.1, 0.15) is 10.7 Å². The highest BCUT2D eigenvalue weighted by Crippen LogP contribution is 2.33. The van der Waals surface area contributed by atoms with Crippen molar-refractivity contribution in [2.75, 3.05) is 23.3 Å². The number of hydrogen-bond donors (Lipinski definition) is 1. The first kappa shape index (κ1) is 20.9. The van der Waals surface area contributed by atoms with E-state index in [1.165, 1.54) is 17.4 Å². The Morgan fingerprint density at radius 1 is 1.19 bits per heavy atom. The van der Waals surface area contributed by atoms with E-state index in [1.54, 1.807) is 12.1 Å². The van der Waals surface area contributed by atoms with E-state index in [4.69, 9.17) is 0 Å². The Morgan fingerprint density at radius 3 is 2.61 bits per heavy atom. The summed E-state index contributed by atoms with van der Waals surface area (Å²) in [7, 11) is 0. The zero-order chi connectivity index (χ0) is 21.8. The van der Waals surface area contributed by atoms with Crippen molar-refractivity contribution in [2.24, 2.45) is 0 Å². The smallest absolute Gasteiger partial charge is 0.293 e. The minimum absolute atomic E-state index is 0.0531. The SMILES string of the molecule is CCC(c1ccccc1)c1nnc(NC(=O)c2ccc(N3CCCC3)c([N+](=O)[O-])c2)s1. The number of nitrogens with zero attached hydrogens (tertiary/aromatic N) is 4. The van der Waals surface area contributed by atoms with Gasteiger partial charge in [0.2, 0.25) is 5.13 Å². The number of rotatable bonds is 7. The van der Waals surface area contributed by atoms with Crippen molar-refractivity contribution in [1.82, 2.24) is 10.2 Å². The Labute approximate surface area is 184 Å². The van der Waals surface area contributed by atoms with Crippen LogP contribution in [0.1, 0.15) is 53.0 Å². The summed E-state index contributed by atoms with van der Waals surface area (Å²) in [5.41, 5.74) is 1.88. The average Bonchev–Trinajstić information content (AvgIpc) is 3.47. The predicted octanol–water partition coefficient (Wildman–Crippen LogP) is 4.84. The van der Waals surface area contributed by atoms with Crippen molar-refractivity contribution < 1.29 is 9.72 Å². The third kappa shape index (κ3) is 4.56. The van der Waals surface area contributed by atoms with Crippen LogP contribution in [0.25, 0.3) is 0 Å². The molecule has 1 aliphatic heterocycles. The van der Waals surface area contributed by atoms with Gasteiger partial charge in [-0.15, -0.1) is 10.2 Å². The van der Waals surface area contributed by atoms with Gasteiger partial charge in [-0.2, -0.15) is 0 Å².